The summed E-state index contributed by atoms with van der Waals surface area (Å²) in [6.45, 7) is 0. The van der Waals surface area contributed by atoms with E-state index in [-0.39, 0.29) is 0 Å². The summed E-state index contributed by atoms with van der Waals surface area (Å²) in [5, 5.41) is 5.04. The summed E-state index contributed by atoms with van der Waals surface area (Å²) in [6, 6.07) is 68.4. The highest BCUT2D eigenvalue weighted by Gasteiger charge is 2.22. The smallest absolute Gasteiger partial charge is 0.166 e. The van der Waals surface area contributed by atoms with Gasteiger partial charge in [-0.15, -0.1) is 11.3 Å². The van der Waals surface area contributed by atoms with E-state index >= 15 is 0 Å². The number of hydrogen-bond acceptors (Lipinski definition) is 4. The summed E-state index contributed by atoms with van der Waals surface area (Å²) >= 11 is 1.87. The van der Waals surface area contributed by atoms with Crippen molar-refractivity contribution in [2.24, 2.45) is 0 Å². The lowest BCUT2D eigenvalue weighted by Crippen LogP contribution is -2.03. The summed E-state index contributed by atoms with van der Waals surface area (Å²) in [5.41, 5.74) is 10.8. The maximum Gasteiger partial charge on any atom is 0.166 e. The normalized spacial score (nSPS) is 11.6. The Bertz CT molecular complexity index is 3240. The lowest BCUT2D eigenvalue weighted by molar-refractivity contribution is 1.06. The molecule has 56 heavy (non-hydrogen) atoms. The third kappa shape index (κ3) is 5.32. The van der Waals surface area contributed by atoms with E-state index in [1.165, 1.54) is 42.1 Å². The second-order valence-corrected chi connectivity index (χ2v) is 15.0. The van der Waals surface area contributed by atoms with E-state index in [0.717, 1.165) is 44.5 Å². The quantitative estimate of drug-likeness (QED) is 0.171. The molecule has 0 saturated heterocycles. The number of thiophene rings is 1. The minimum Gasteiger partial charge on any atom is -0.308 e. The van der Waals surface area contributed by atoms with Gasteiger partial charge in [0.25, 0.3) is 0 Å². The van der Waals surface area contributed by atoms with E-state index < -0.39 is 0 Å². The summed E-state index contributed by atoms with van der Waals surface area (Å²) in [4.78, 5) is 15.5. The van der Waals surface area contributed by atoms with Crippen molar-refractivity contribution >= 4 is 53.3 Å². The Morgan fingerprint density at radius 3 is 1.73 bits per heavy atom. The predicted octanol–water partition coefficient (Wildman–Crippen LogP) is 13.7. The minimum atomic E-state index is 0.620. The van der Waals surface area contributed by atoms with Crippen LogP contribution in [-0.2, 0) is 0 Å². The van der Waals surface area contributed by atoms with Crippen LogP contribution in [0.3, 0.4) is 0 Å². The van der Waals surface area contributed by atoms with E-state index in [9.17, 15) is 0 Å². The molecule has 0 bridgehead atoms. The van der Waals surface area contributed by atoms with Gasteiger partial charge in [-0.3, -0.25) is 0 Å². The van der Waals surface area contributed by atoms with Gasteiger partial charge in [-0.2, -0.15) is 0 Å². The van der Waals surface area contributed by atoms with E-state index in [1.54, 1.807) is 0 Å². The zero-order valence-corrected chi connectivity index (χ0v) is 31.0. The molecule has 0 aliphatic heterocycles. The number of hydrogen-bond donors (Lipinski definition) is 0. The van der Waals surface area contributed by atoms with E-state index in [2.05, 4.69) is 174 Å². The van der Waals surface area contributed by atoms with Crippen molar-refractivity contribution in [2.45, 2.75) is 0 Å². The Hall–Kier alpha value is -7.21. The van der Waals surface area contributed by atoms with Gasteiger partial charge in [-0.05, 0) is 58.7 Å². The van der Waals surface area contributed by atoms with Crippen molar-refractivity contribution in [3.63, 3.8) is 0 Å². The Morgan fingerprint density at radius 1 is 0.357 bits per heavy atom. The molecule has 0 N–H and O–H groups in total. The van der Waals surface area contributed by atoms with Crippen molar-refractivity contribution in [1.82, 2.24) is 19.5 Å². The standard InChI is InChI=1S/C51H32N4S/c1-4-16-33(17-5-1)36-22-14-23-37(32-36)50-52-49(35-20-8-3-9-21-35)53-51(54-50)40-25-11-13-29-43(40)55-42-28-12-10-24-39(42)46-44(55)30-31-45-47(46)41-27-15-26-38(48(41)56-45)34-18-6-2-7-19-34/h1-32H. The molecule has 0 fully saturated rings. The predicted molar refractivity (Wildman–Crippen MR) is 234 cm³/mol. The van der Waals surface area contributed by atoms with E-state index in [4.69, 9.17) is 15.0 Å². The Labute approximate surface area is 327 Å². The topological polar surface area (TPSA) is 43.6 Å². The van der Waals surface area contributed by atoms with Gasteiger partial charge in [-0.1, -0.05) is 158 Å². The average molecular weight is 733 g/mol. The molecule has 11 aromatic rings. The first-order valence-corrected chi connectivity index (χ1v) is 19.6. The molecule has 0 aliphatic carbocycles. The molecule has 0 atom stereocenters. The monoisotopic (exact) mass is 732 g/mol. The van der Waals surface area contributed by atoms with Crippen molar-refractivity contribution in [3.8, 4) is 62.1 Å². The van der Waals surface area contributed by atoms with Crippen LogP contribution in [0, 0.1) is 0 Å². The molecular formula is C51H32N4S. The molecule has 0 unspecified atom stereocenters. The second kappa shape index (κ2) is 13.3. The third-order valence-corrected chi connectivity index (χ3v) is 11.9. The maximum absolute atomic E-state index is 5.25. The van der Waals surface area contributed by atoms with Gasteiger partial charge in [0, 0.05) is 47.6 Å². The molecule has 0 spiro atoms. The summed E-state index contributed by atoms with van der Waals surface area (Å²) < 4.78 is 4.98. The number of para-hydroxylation sites is 2. The fraction of sp³-hybridized carbons (Fsp3) is 0. The highest BCUT2D eigenvalue weighted by molar-refractivity contribution is 7.26. The molecule has 0 radical (unpaired) electrons. The molecule has 11 rings (SSSR count). The summed E-state index contributed by atoms with van der Waals surface area (Å²) in [7, 11) is 0. The molecule has 0 amide bonds. The van der Waals surface area contributed by atoms with E-state index in [0.29, 0.717) is 17.5 Å². The van der Waals surface area contributed by atoms with Gasteiger partial charge in [0.15, 0.2) is 17.5 Å². The zero-order valence-electron chi connectivity index (χ0n) is 30.2. The molecule has 3 aromatic heterocycles. The maximum atomic E-state index is 5.25. The van der Waals surface area contributed by atoms with Crippen LogP contribution >= 0.6 is 11.3 Å². The van der Waals surface area contributed by atoms with Gasteiger partial charge in [0.2, 0.25) is 0 Å². The first-order chi connectivity index (χ1) is 27.8. The zero-order chi connectivity index (χ0) is 37.0. The Balaban J connectivity index is 1.15. The molecule has 0 saturated carbocycles. The van der Waals surface area contributed by atoms with Crippen molar-refractivity contribution in [1.29, 1.82) is 0 Å². The minimum absolute atomic E-state index is 0.620. The van der Waals surface area contributed by atoms with Crippen LogP contribution in [0.5, 0.6) is 0 Å². The number of nitrogens with zero attached hydrogens (tertiary/aromatic N) is 4. The van der Waals surface area contributed by atoms with Gasteiger partial charge < -0.3 is 4.57 Å². The lowest BCUT2D eigenvalue weighted by atomic mass is 10.0. The number of rotatable bonds is 6. The van der Waals surface area contributed by atoms with E-state index in [1.807, 2.05) is 35.6 Å². The first kappa shape index (κ1) is 32.2. The number of aromatic nitrogens is 4. The van der Waals surface area contributed by atoms with Gasteiger partial charge in [-0.25, -0.2) is 15.0 Å². The van der Waals surface area contributed by atoms with Gasteiger partial charge >= 0.3 is 0 Å². The molecular weight excluding hydrogens is 701 g/mol. The third-order valence-electron chi connectivity index (χ3n) is 10.7. The Kier molecular flexibility index (Phi) is 7.64. The summed E-state index contributed by atoms with van der Waals surface area (Å²) in [5.74, 6) is 1.88. The fourth-order valence-electron chi connectivity index (χ4n) is 8.12. The van der Waals surface area contributed by atoms with Crippen LogP contribution in [-0.4, -0.2) is 19.5 Å². The van der Waals surface area contributed by atoms with Crippen LogP contribution in [0.1, 0.15) is 0 Å². The number of fused-ring (bicyclic) bond motifs is 7. The molecule has 8 aromatic carbocycles. The van der Waals surface area contributed by atoms with Crippen molar-refractivity contribution < 1.29 is 0 Å². The van der Waals surface area contributed by atoms with Crippen LogP contribution in [0.25, 0.3) is 104 Å². The molecule has 262 valence electrons. The fourth-order valence-corrected chi connectivity index (χ4v) is 9.37. The van der Waals surface area contributed by atoms with Gasteiger partial charge in [0.05, 0.1) is 16.7 Å². The molecule has 3 heterocycles. The van der Waals surface area contributed by atoms with Gasteiger partial charge in [0.1, 0.15) is 0 Å². The molecule has 0 aliphatic rings. The number of benzene rings is 8. The first-order valence-electron chi connectivity index (χ1n) is 18.8. The summed E-state index contributed by atoms with van der Waals surface area (Å²) in [6.07, 6.45) is 0. The second-order valence-electron chi connectivity index (χ2n) is 14.0. The highest BCUT2D eigenvalue weighted by atomic mass is 32.1. The lowest BCUT2D eigenvalue weighted by Gasteiger charge is -2.15. The molecule has 5 heteroatoms. The molecule has 4 nitrogen and oxygen atoms in total. The largest absolute Gasteiger partial charge is 0.308 e. The average Bonchev–Trinajstić information content (AvgIpc) is 3.83. The highest BCUT2D eigenvalue weighted by Crippen LogP contribution is 2.46. The van der Waals surface area contributed by atoms with Crippen molar-refractivity contribution in [3.05, 3.63) is 194 Å². The van der Waals surface area contributed by atoms with Crippen LogP contribution < -0.4 is 0 Å². The van der Waals surface area contributed by atoms with Crippen LogP contribution in [0.2, 0.25) is 0 Å². The van der Waals surface area contributed by atoms with Crippen LogP contribution in [0.15, 0.2) is 194 Å². The SMILES string of the molecule is c1ccc(-c2cccc(-c3nc(-c4ccccc4)nc(-c4ccccc4-n4c5ccccc5c5c6c(ccc54)sc4c(-c5ccccc5)cccc46)n3)c2)cc1. The van der Waals surface area contributed by atoms with Crippen LogP contribution in [0.4, 0.5) is 0 Å². The van der Waals surface area contributed by atoms with Crippen molar-refractivity contribution in [2.75, 3.05) is 0 Å². The Morgan fingerprint density at radius 2 is 0.929 bits per heavy atom.